The van der Waals surface area contributed by atoms with Crippen molar-refractivity contribution < 1.29 is 4.79 Å². The zero-order valence-corrected chi connectivity index (χ0v) is 16.7. The van der Waals surface area contributed by atoms with Crippen molar-refractivity contribution in [1.82, 2.24) is 20.2 Å². The summed E-state index contributed by atoms with van der Waals surface area (Å²) in [5.41, 5.74) is 5.14. The third kappa shape index (κ3) is 4.36. The molecule has 0 bridgehead atoms. The van der Waals surface area contributed by atoms with E-state index < -0.39 is 0 Å². The van der Waals surface area contributed by atoms with Crippen LogP contribution in [0.3, 0.4) is 0 Å². The Morgan fingerprint density at radius 1 is 1.15 bits per heavy atom. The van der Waals surface area contributed by atoms with Gasteiger partial charge in [-0.3, -0.25) is 4.79 Å². The molecule has 7 heteroatoms. The summed E-state index contributed by atoms with van der Waals surface area (Å²) < 4.78 is 1.70. The van der Waals surface area contributed by atoms with Crippen LogP contribution in [0.1, 0.15) is 30.5 Å². The Morgan fingerprint density at radius 3 is 2.44 bits per heavy atom. The molecule has 0 aliphatic rings. The van der Waals surface area contributed by atoms with Gasteiger partial charge in [0.25, 0.3) is 0 Å². The fourth-order valence-electron chi connectivity index (χ4n) is 2.81. The minimum Gasteiger partial charge on any atom is -0.325 e. The molecule has 27 heavy (non-hydrogen) atoms. The molecule has 3 aromatic rings. The summed E-state index contributed by atoms with van der Waals surface area (Å²) in [6.07, 6.45) is 0.974. The number of benzene rings is 2. The highest BCUT2D eigenvalue weighted by Gasteiger charge is 2.20. The molecule has 0 aliphatic heterocycles. The van der Waals surface area contributed by atoms with E-state index in [0.29, 0.717) is 5.16 Å². The molecule has 1 aromatic heterocycles. The molecular formula is C20H23N5OS. The van der Waals surface area contributed by atoms with Gasteiger partial charge >= 0.3 is 0 Å². The molecule has 0 saturated carbocycles. The zero-order valence-electron chi connectivity index (χ0n) is 15.9. The van der Waals surface area contributed by atoms with Crippen molar-refractivity contribution in [2.75, 3.05) is 5.32 Å². The predicted octanol–water partition coefficient (Wildman–Crippen LogP) is 3.96. The molecule has 0 spiro atoms. The van der Waals surface area contributed by atoms with E-state index in [9.17, 15) is 4.79 Å². The molecule has 1 N–H and O–H groups in total. The normalized spacial score (nSPS) is 12.0. The van der Waals surface area contributed by atoms with Crippen molar-refractivity contribution in [2.24, 2.45) is 0 Å². The number of para-hydroxylation sites is 1. The number of nitrogens with zero attached hydrogens (tertiary/aromatic N) is 4. The van der Waals surface area contributed by atoms with Crippen molar-refractivity contribution >= 4 is 23.4 Å². The highest BCUT2D eigenvalue weighted by Crippen LogP contribution is 2.26. The molecule has 1 atom stereocenters. The van der Waals surface area contributed by atoms with Crippen molar-refractivity contribution in [2.45, 2.75) is 44.5 Å². The molecule has 0 saturated heterocycles. The van der Waals surface area contributed by atoms with Crippen LogP contribution in [0.15, 0.2) is 47.6 Å². The number of carbonyl (C=O) groups is 1. The fourth-order valence-corrected chi connectivity index (χ4v) is 3.61. The highest BCUT2D eigenvalue weighted by atomic mass is 32.2. The molecule has 140 valence electrons. The number of aryl methyl sites for hydroxylation is 3. The van der Waals surface area contributed by atoms with Gasteiger partial charge < -0.3 is 5.32 Å². The molecule has 0 unspecified atom stereocenters. The van der Waals surface area contributed by atoms with Gasteiger partial charge in [0.1, 0.15) is 0 Å². The first kappa shape index (κ1) is 19.1. The van der Waals surface area contributed by atoms with Crippen LogP contribution in [0.25, 0.3) is 5.69 Å². The van der Waals surface area contributed by atoms with Crippen LogP contribution in [-0.4, -0.2) is 31.4 Å². The van der Waals surface area contributed by atoms with Crippen LogP contribution in [-0.2, 0) is 11.2 Å². The lowest BCUT2D eigenvalue weighted by Crippen LogP contribution is -2.23. The van der Waals surface area contributed by atoms with Gasteiger partial charge in [0.05, 0.1) is 10.9 Å². The second-order valence-corrected chi connectivity index (χ2v) is 7.72. The first-order valence-electron chi connectivity index (χ1n) is 8.91. The zero-order chi connectivity index (χ0) is 19.4. The van der Waals surface area contributed by atoms with E-state index in [-0.39, 0.29) is 11.2 Å². The molecule has 1 amide bonds. The number of amides is 1. The summed E-state index contributed by atoms with van der Waals surface area (Å²) in [4.78, 5) is 12.6. The topological polar surface area (TPSA) is 72.7 Å². The quantitative estimate of drug-likeness (QED) is 0.654. The maximum atomic E-state index is 12.6. The number of thioether (sulfide) groups is 1. The summed E-state index contributed by atoms with van der Waals surface area (Å²) in [5, 5.41) is 15.2. The molecule has 6 nitrogen and oxygen atoms in total. The monoisotopic (exact) mass is 381 g/mol. The Balaban J connectivity index is 1.74. The van der Waals surface area contributed by atoms with Gasteiger partial charge in [-0.05, 0) is 66.4 Å². The van der Waals surface area contributed by atoms with E-state index >= 15 is 0 Å². The standard InChI is InChI=1S/C20H23N5OS/c1-5-16-9-11-17(12-10-16)21-19(26)15(4)27-20-22-23-24-25(20)18-13(2)7-6-8-14(18)3/h6-12,15H,5H2,1-4H3,(H,21,26)/t15-/m0/s1. The second kappa shape index (κ2) is 8.35. The summed E-state index contributed by atoms with van der Waals surface area (Å²) in [6, 6.07) is 13.9. The maximum Gasteiger partial charge on any atom is 0.237 e. The number of nitrogens with one attached hydrogen (secondary N) is 1. The van der Waals surface area contributed by atoms with E-state index in [4.69, 9.17) is 0 Å². The number of hydrogen-bond acceptors (Lipinski definition) is 5. The Morgan fingerprint density at radius 2 is 1.81 bits per heavy atom. The second-order valence-electron chi connectivity index (χ2n) is 6.41. The Labute approximate surface area is 163 Å². The van der Waals surface area contributed by atoms with E-state index in [1.54, 1.807) is 4.68 Å². The molecular weight excluding hydrogens is 358 g/mol. The summed E-state index contributed by atoms with van der Waals surface area (Å²) in [6.45, 7) is 8.00. The summed E-state index contributed by atoms with van der Waals surface area (Å²) in [5.74, 6) is -0.0831. The van der Waals surface area contributed by atoms with E-state index in [1.807, 2.05) is 63.2 Å². The molecule has 3 rings (SSSR count). The van der Waals surface area contributed by atoms with Gasteiger partial charge in [-0.15, -0.1) is 5.10 Å². The van der Waals surface area contributed by atoms with Crippen LogP contribution in [0, 0.1) is 13.8 Å². The van der Waals surface area contributed by atoms with Crippen LogP contribution in [0.2, 0.25) is 0 Å². The largest absolute Gasteiger partial charge is 0.325 e. The van der Waals surface area contributed by atoms with Crippen molar-refractivity contribution in [3.8, 4) is 5.69 Å². The van der Waals surface area contributed by atoms with Gasteiger partial charge in [-0.1, -0.05) is 49.0 Å². The molecule has 0 radical (unpaired) electrons. The van der Waals surface area contributed by atoms with Crippen LogP contribution in [0.4, 0.5) is 5.69 Å². The Hall–Kier alpha value is -2.67. The van der Waals surface area contributed by atoms with Crippen LogP contribution < -0.4 is 5.32 Å². The summed E-state index contributed by atoms with van der Waals surface area (Å²) >= 11 is 1.34. The van der Waals surface area contributed by atoms with E-state index in [1.165, 1.54) is 17.3 Å². The first-order valence-corrected chi connectivity index (χ1v) is 9.79. The lowest BCUT2D eigenvalue weighted by molar-refractivity contribution is -0.115. The van der Waals surface area contributed by atoms with Crippen molar-refractivity contribution in [3.63, 3.8) is 0 Å². The SMILES string of the molecule is CCc1ccc(NC(=O)[C@H](C)Sc2nnnn2-c2c(C)cccc2C)cc1. The molecule has 2 aromatic carbocycles. The number of rotatable bonds is 6. The smallest absolute Gasteiger partial charge is 0.237 e. The third-order valence-electron chi connectivity index (χ3n) is 4.37. The fraction of sp³-hybridized carbons (Fsp3) is 0.300. The average Bonchev–Trinajstić information content (AvgIpc) is 3.10. The lowest BCUT2D eigenvalue weighted by Gasteiger charge is -2.14. The predicted molar refractivity (Wildman–Crippen MR) is 108 cm³/mol. The molecule has 1 heterocycles. The molecule has 0 aliphatic carbocycles. The average molecular weight is 382 g/mol. The van der Waals surface area contributed by atoms with E-state index in [0.717, 1.165) is 28.9 Å². The highest BCUT2D eigenvalue weighted by molar-refractivity contribution is 8.00. The first-order chi connectivity index (χ1) is 13.0. The number of tetrazole rings is 1. The summed E-state index contributed by atoms with van der Waals surface area (Å²) in [7, 11) is 0. The van der Waals surface area contributed by atoms with Crippen LogP contribution in [0.5, 0.6) is 0 Å². The number of aromatic nitrogens is 4. The van der Waals surface area contributed by atoms with Gasteiger partial charge in [-0.25, -0.2) is 0 Å². The minimum absolute atomic E-state index is 0.0831. The van der Waals surface area contributed by atoms with Crippen LogP contribution >= 0.6 is 11.8 Å². The lowest BCUT2D eigenvalue weighted by atomic mass is 10.1. The maximum absolute atomic E-state index is 12.6. The van der Waals surface area contributed by atoms with E-state index in [2.05, 4.69) is 27.8 Å². The van der Waals surface area contributed by atoms with Gasteiger partial charge in [0.2, 0.25) is 11.1 Å². The Kier molecular flexibility index (Phi) is 5.91. The van der Waals surface area contributed by atoms with Gasteiger partial charge in [-0.2, -0.15) is 4.68 Å². The number of anilines is 1. The number of hydrogen-bond donors (Lipinski definition) is 1. The minimum atomic E-state index is -0.343. The number of carbonyl (C=O) groups excluding carboxylic acids is 1. The third-order valence-corrected chi connectivity index (χ3v) is 5.41. The Bertz CT molecular complexity index is 916. The van der Waals surface area contributed by atoms with Crippen molar-refractivity contribution in [3.05, 3.63) is 59.2 Å². The van der Waals surface area contributed by atoms with Crippen molar-refractivity contribution in [1.29, 1.82) is 0 Å². The molecule has 0 fully saturated rings. The van der Waals surface area contributed by atoms with Gasteiger partial charge in [0.15, 0.2) is 0 Å². The van der Waals surface area contributed by atoms with Gasteiger partial charge in [0, 0.05) is 5.69 Å².